The van der Waals surface area contributed by atoms with E-state index in [9.17, 15) is 14.7 Å². The van der Waals surface area contributed by atoms with Crippen molar-refractivity contribution in [2.75, 3.05) is 13.1 Å². The third-order valence-corrected chi connectivity index (χ3v) is 3.97. The number of aliphatic carboxylic acids is 1. The molecule has 116 valence electrons. The second-order valence-electron chi connectivity index (χ2n) is 5.95. The minimum absolute atomic E-state index is 0.0103. The minimum Gasteiger partial charge on any atom is -0.479 e. The van der Waals surface area contributed by atoms with Gasteiger partial charge in [0.1, 0.15) is 5.54 Å². The van der Waals surface area contributed by atoms with E-state index in [0.717, 1.165) is 25.8 Å². The molecule has 1 rings (SSSR count). The first-order valence-corrected chi connectivity index (χ1v) is 7.71. The molecule has 2 N–H and O–H groups in total. The molecule has 5 heteroatoms. The van der Waals surface area contributed by atoms with Gasteiger partial charge in [0.2, 0.25) is 5.91 Å². The third-order valence-electron chi connectivity index (χ3n) is 3.97. The van der Waals surface area contributed by atoms with Gasteiger partial charge in [-0.15, -0.1) is 0 Å². The number of carboxylic acids is 1. The number of nitrogens with one attached hydrogen (secondary N) is 1. The first-order chi connectivity index (χ1) is 9.44. The molecule has 0 bridgehead atoms. The number of nitrogens with zero attached hydrogens (tertiary/aromatic N) is 1. The van der Waals surface area contributed by atoms with Crippen LogP contribution in [0, 0.1) is 0 Å². The summed E-state index contributed by atoms with van der Waals surface area (Å²) in [6, 6.07) is 0.412. The summed E-state index contributed by atoms with van der Waals surface area (Å²) in [7, 11) is 0. The largest absolute Gasteiger partial charge is 0.479 e. The van der Waals surface area contributed by atoms with Crippen LogP contribution in [0.2, 0.25) is 0 Å². The van der Waals surface area contributed by atoms with Crippen LogP contribution in [0.1, 0.15) is 59.3 Å². The fraction of sp³-hybridized carbons (Fsp3) is 0.867. The zero-order chi connectivity index (χ0) is 15.2. The van der Waals surface area contributed by atoms with Crippen molar-refractivity contribution in [1.29, 1.82) is 0 Å². The molecule has 0 aromatic rings. The molecule has 0 spiro atoms. The summed E-state index contributed by atoms with van der Waals surface area (Å²) < 4.78 is 0. The highest BCUT2D eigenvalue weighted by Gasteiger charge is 2.48. The van der Waals surface area contributed by atoms with Gasteiger partial charge in [0.15, 0.2) is 0 Å². The summed E-state index contributed by atoms with van der Waals surface area (Å²) in [4.78, 5) is 25.6. The first kappa shape index (κ1) is 17.0. The lowest BCUT2D eigenvalue weighted by molar-refractivity contribution is -0.157. The van der Waals surface area contributed by atoms with E-state index in [-0.39, 0.29) is 5.91 Å². The number of rotatable bonds is 8. The van der Waals surface area contributed by atoms with E-state index in [1.165, 1.54) is 0 Å². The molecule has 1 atom stereocenters. The number of carbonyl (C=O) groups excluding carboxylic acids is 1. The number of carboxylic acid groups (broad SMARTS) is 1. The van der Waals surface area contributed by atoms with Crippen LogP contribution in [-0.4, -0.2) is 46.6 Å². The van der Waals surface area contributed by atoms with Crippen molar-refractivity contribution in [1.82, 2.24) is 10.2 Å². The highest BCUT2D eigenvalue weighted by atomic mass is 16.4. The highest BCUT2D eigenvalue weighted by Crippen LogP contribution is 2.34. The second kappa shape index (κ2) is 7.62. The Morgan fingerprint density at radius 2 is 2.10 bits per heavy atom. The van der Waals surface area contributed by atoms with E-state index in [4.69, 9.17) is 0 Å². The molecule has 1 unspecified atom stereocenters. The average Bonchev–Trinajstić information content (AvgIpc) is 2.79. The summed E-state index contributed by atoms with van der Waals surface area (Å²) in [5.74, 6) is -0.852. The van der Waals surface area contributed by atoms with Crippen LogP contribution in [0.15, 0.2) is 0 Å². The lowest BCUT2D eigenvalue weighted by Crippen LogP contribution is -2.53. The van der Waals surface area contributed by atoms with Crippen LogP contribution in [0.3, 0.4) is 0 Å². The summed E-state index contributed by atoms with van der Waals surface area (Å²) in [6.07, 6.45) is 3.91. The quantitative estimate of drug-likeness (QED) is 0.669. The maximum Gasteiger partial charge on any atom is 0.329 e. The van der Waals surface area contributed by atoms with E-state index in [0.29, 0.717) is 31.8 Å². The van der Waals surface area contributed by atoms with Gasteiger partial charge in [-0.3, -0.25) is 4.79 Å². The zero-order valence-electron chi connectivity index (χ0n) is 12.9. The third kappa shape index (κ3) is 3.95. The Hall–Kier alpha value is -1.10. The van der Waals surface area contributed by atoms with Crippen LogP contribution in [0.4, 0.5) is 0 Å². The molecule has 1 heterocycles. The predicted octanol–water partition coefficient (Wildman–Crippen LogP) is 2.01. The van der Waals surface area contributed by atoms with Gasteiger partial charge in [0, 0.05) is 19.0 Å². The summed E-state index contributed by atoms with van der Waals surface area (Å²) in [5.41, 5.74) is -0.947. The van der Waals surface area contributed by atoms with E-state index in [1.807, 2.05) is 6.92 Å². The van der Waals surface area contributed by atoms with Gasteiger partial charge in [-0.05, 0) is 32.2 Å². The molecule has 0 aromatic carbocycles. The van der Waals surface area contributed by atoms with Gasteiger partial charge >= 0.3 is 5.97 Å². The Kier molecular flexibility index (Phi) is 6.46. The van der Waals surface area contributed by atoms with Gasteiger partial charge < -0.3 is 15.3 Å². The molecule has 0 aliphatic carbocycles. The Bertz CT molecular complexity index is 344. The van der Waals surface area contributed by atoms with Crippen molar-refractivity contribution in [3.8, 4) is 0 Å². The van der Waals surface area contributed by atoms with Crippen LogP contribution in [0.25, 0.3) is 0 Å². The SMILES string of the molecule is CCCC1(C(=O)O)CCCN1C(=O)CCCNC(C)C. The fourth-order valence-electron chi connectivity index (χ4n) is 3.01. The summed E-state index contributed by atoms with van der Waals surface area (Å²) in [5, 5.41) is 12.8. The number of carbonyl (C=O) groups is 2. The monoisotopic (exact) mass is 284 g/mol. The molecule has 0 radical (unpaired) electrons. The van der Waals surface area contributed by atoms with E-state index in [1.54, 1.807) is 4.90 Å². The number of likely N-dealkylation sites (tertiary alicyclic amines) is 1. The van der Waals surface area contributed by atoms with Crippen LogP contribution < -0.4 is 5.32 Å². The van der Waals surface area contributed by atoms with Crippen LogP contribution in [-0.2, 0) is 9.59 Å². The van der Waals surface area contributed by atoms with Gasteiger partial charge in [0.05, 0.1) is 0 Å². The summed E-state index contributed by atoms with van der Waals surface area (Å²) >= 11 is 0. The summed E-state index contributed by atoms with van der Waals surface area (Å²) in [6.45, 7) is 7.49. The van der Waals surface area contributed by atoms with Crippen molar-refractivity contribution < 1.29 is 14.7 Å². The second-order valence-corrected chi connectivity index (χ2v) is 5.95. The van der Waals surface area contributed by atoms with Gasteiger partial charge in [-0.25, -0.2) is 4.79 Å². The van der Waals surface area contributed by atoms with Crippen molar-refractivity contribution in [2.45, 2.75) is 70.9 Å². The molecule has 5 nitrogen and oxygen atoms in total. The topological polar surface area (TPSA) is 69.6 Å². The molecule has 1 saturated heterocycles. The molecular formula is C15H28N2O3. The van der Waals surface area contributed by atoms with Gasteiger partial charge in [-0.1, -0.05) is 27.2 Å². The number of amides is 1. The van der Waals surface area contributed by atoms with E-state index in [2.05, 4.69) is 19.2 Å². The molecule has 1 aliphatic rings. The van der Waals surface area contributed by atoms with Crippen LogP contribution >= 0.6 is 0 Å². The van der Waals surface area contributed by atoms with Crippen molar-refractivity contribution in [2.24, 2.45) is 0 Å². The van der Waals surface area contributed by atoms with Gasteiger partial charge in [0.25, 0.3) is 0 Å². The fourth-order valence-corrected chi connectivity index (χ4v) is 3.01. The Morgan fingerprint density at radius 3 is 2.65 bits per heavy atom. The molecule has 20 heavy (non-hydrogen) atoms. The number of hydrogen-bond donors (Lipinski definition) is 2. The van der Waals surface area contributed by atoms with Crippen LogP contribution in [0.5, 0.6) is 0 Å². The maximum atomic E-state index is 12.3. The Balaban J connectivity index is 2.58. The lowest BCUT2D eigenvalue weighted by Gasteiger charge is -2.34. The first-order valence-electron chi connectivity index (χ1n) is 7.71. The van der Waals surface area contributed by atoms with Crippen molar-refractivity contribution in [3.05, 3.63) is 0 Å². The molecule has 0 saturated carbocycles. The predicted molar refractivity (Wildman–Crippen MR) is 78.6 cm³/mol. The molecule has 1 amide bonds. The lowest BCUT2D eigenvalue weighted by atomic mass is 9.90. The van der Waals surface area contributed by atoms with Crippen molar-refractivity contribution >= 4 is 11.9 Å². The normalized spacial score (nSPS) is 22.5. The smallest absolute Gasteiger partial charge is 0.329 e. The Morgan fingerprint density at radius 1 is 1.40 bits per heavy atom. The van der Waals surface area contributed by atoms with Gasteiger partial charge in [-0.2, -0.15) is 0 Å². The molecular weight excluding hydrogens is 256 g/mol. The van der Waals surface area contributed by atoms with Crippen molar-refractivity contribution in [3.63, 3.8) is 0 Å². The highest BCUT2D eigenvalue weighted by molar-refractivity contribution is 5.87. The standard InChI is InChI=1S/C15H28N2O3/c1-4-8-15(14(19)20)9-6-11-17(15)13(18)7-5-10-16-12(2)3/h12,16H,4-11H2,1-3H3,(H,19,20). The maximum absolute atomic E-state index is 12.3. The Labute approximate surface area is 121 Å². The zero-order valence-corrected chi connectivity index (χ0v) is 12.9. The molecule has 1 aliphatic heterocycles. The number of hydrogen-bond acceptors (Lipinski definition) is 3. The molecule has 0 aromatic heterocycles. The van der Waals surface area contributed by atoms with E-state index >= 15 is 0 Å². The molecule has 1 fully saturated rings. The van der Waals surface area contributed by atoms with E-state index < -0.39 is 11.5 Å². The minimum atomic E-state index is -0.947. The average molecular weight is 284 g/mol.